The second-order valence-electron chi connectivity index (χ2n) is 3.26. The van der Waals surface area contributed by atoms with Crippen LogP contribution in [0.15, 0.2) is 0 Å². The minimum Gasteiger partial charge on any atom is -0.394 e. The van der Waals surface area contributed by atoms with Crippen LogP contribution in [0.5, 0.6) is 0 Å². The van der Waals surface area contributed by atoms with Crippen molar-refractivity contribution in [3.8, 4) is 6.07 Å². The number of carbonyl (C=O) groups is 1. The predicted molar refractivity (Wildman–Crippen MR) is 44.2 cm³/mol. The number of aliphatic hydroxyl groups is 1. The van der Waals surface area contributed by atoms with Crippen molar-refractivity contribution in [2.24, 2.45) is 0 Å². The van der Waals surface area contributed by atoms with Gasteiger partial charge in [-0.05, 0) is 13.8 Å². The van der Waals surface area contributed by atoms with Crippen LogP contribution in [0, 0.1) is 11.3 Å². The van der Waals surface area contributed by atoms with E-state index in [1.165, 1.54) is 4.90 Å². The number of rotatable bonds is 3. The zero-order chi connectivity index (χ0) is 9.78. The van der Waals surface area contributed by atoms with Crippen molar-refractivity contribution in [3.05, 3.63) is 0 Å². The topological polar surface area (TPSA) is 64.3 Å². The highest BCUT2D eigenvalue weighted by Crippen LogP contribution is 2.11. The van der Waals surface area contributed by atoms with Gasteiger partial charge in [0.05, 0.1) is 18.2 Å². The van der Waals surface area contributed by atoms with Crippen molar-refractivity contribution < 1.29 is 9.90 Å². The average Bonchev–Trinajstić information content (AvgIpc) is 2.03. The fraction of sp³-hybridized carbons (Fsp3) is 0.750. The molecule has 0 aliphatic carbocycles. The standard InChI is InChI=1S/C8H14N2O2/c1-8(2,6-11)10(3)7(12)4-5-9/h11H,4,6H2,1-3H3. The number of aliphatic hydroxyl groups excluding tert-OH is 1. The summed E-state index contributed by atoms with van der Waals surface area (Å²) >= 11 is 0. The Morgan fingerprint density at radius 2 is 2.17 bits per heavy atom. The smallest absolute Gasteiger partial charge is 0.237 e. The quantitative estimate of drug-likeness (QED) is 0.654. The number of amides is 1. The van der Waals surface area contributed by atoms with Gasteiger partial charge in [0.25, 0.3) is 0 Å². The minimum atomic E-state index is -0.589. The van der Waals surface area contributed by atoms with Gasteiger partial charge in [0.15, 0.2) is 0 Å². The molecule has 0 radical (unpaired) electrons. The molecule has 0 aliphatic heterocycles. The first-order chi connectivity index (χ1) is 5.45. The Kier molecular flexibility index (Phi) is 3.71. The van der Waals surface area contributed by atoms with Crippen molar-refractivity contribution in [2.75, 3.05) is 13.7 Å². The van der Waals surface area contributed by atoms with Crippen LogP contribution in [0.25, 0.3) is 0 Å². The lowest BCUT2D eigenvalue weighted by molar-refractivity contribution is -0.134. The zero-order valence-electron chi connectivity index (χ0n) is 7.66. The summed E-state index contributed by atoms with van der Waals surface area (Å²) in [7, 11) is 1.58. The number of carbonyl (C=O) groups excluding carboxylic acids is 1. The first-order valence-electron chi connectivity index (χ1n) is 3.70. The van der Waals surface area contributed by atoms with E-state index in [4.69, 9.17) is 10.4 Å². The van der Waals surface area contributed by atoms with Crippen molar-refractivity contribution in [2.45, 2.75) is 25.8 Å². The molecule has 0 aromatic heterocycles. The third-order valence-corrected chi connectivity index (χ3v) is 1.90. The van der Waals surface area contributed by atoms with E-state index in [-0.39, 0.29) is 18.9 Å². The summed E-state index contributed by atoms with van der Waals surface area (Å²) in [5.41, 5.74) is -0.589. The van der Waals surface area contributed by atoms with Crippen molar-refractivity contribution >= 4 is 5.91 Å². The lowest BCUT2D eigenvalue weighted by Crippen LogP contribution is -2.47. The van der Waals surface area contributed by atoms with Crippen LogP contribution in [0.4, 0.5) is 0 Å². The van der Waals surface area contributed by atoms with Crippen LogP contribution in [-0.4, -0.2) is 35.1 Å². The van der Waals surface area contributed by atoms with E-state index in [1.807, 2.05) is 0 Å². The Morgan fingerprint density at radius 3 is 2.50 bits per heavy atom. The minimum absolute atomic E-state index is 0.110. The third-order valence-electron chi connectivity index (χ3n) is 1.90. The fourth-order valence-corrected chi connectivity index (χ4v) is 0.630. The molecule has 0 heterocycles. The summed E-state index contributed by atoms with van der Waals surface area (Å²) < 4.78 is 0. The average molecular weight is 170 g/mol. The van der Waals surface area contributed by atoms with Crippen molar-refractivity contribution in [1.29, 1.82) is 5.26 Å². The molecule has 12 heavy (non-hydrogen) atoms. The molecule has 1 N–H and O–H groups in total. The molecule has 68 valence electrons. The molecule has 4 heteroatoms. The van der Waals surface area contributed by atoms with E-state index in [0.717, 1.165) is 0 Å². The maximum Gasteiger partial charge on any atom is 0.237 e. The van der Waals surface area contributed by atoms with Gasteiger partial charge < -0.3 is 10.0 Å². The van der Waals surface area contributed by atoms with Gasteiger partial charge in [-0.3, -0.25) is 4.79 Å². The Morgan fingerprint density at radius 1 is 1.67 bits per heavy atom. The van der Waals surface area contributed by atoms with Crippen molar-refractivity contribution in [1.82, 2.24) is 4.90 Å². The molecule has 0 aromatic carbocycles. The number of nitrogens with zero attached hydrogens (tertiary/aromatic N) is 2. The Labute approximate surface area is 72.4 Å². The monoisotopic (exact) mass is 170 g/mol. The Bertz CT molecular complexity index is 206. The Balaban J connectivity index is 4.30. The summed E-state index contributed by atoms with van der Waals surface area (Å²) in [6.45, 7) is 3.37. The lowest BCUT2D eigenvalue weighted by Gasteiger charge is -2.33. The van der Waals surface area contributed by atoms with Crippen LogP contribution in [0.3, 0.4) is 0 Å². The van der Waals surface area contributed by atoms with E-state index in [9.17, 15) is 4.79 Å². The number of likely N-dealkylation sites (N-methyl/N-ethyl adjacent to an activating group) is 1. The van der Waals surface area contributed by atoms with Crippen molar-refractivity contribution in [3.63, 3.8) is 0 Å². The molecule has 0 saturated carbocycles. The summed E-state index contributed by atoms with van der Waals surface area (Å²) in [4.78, 5) is 12.5. The van der Waals surface area contributed by atoms with Gasteiger partial charge in [-0.2, -0.15) is 5.26 Å². The summed E-state index contributed by atoms with van der Waals surface area (Å²) in [6.07, 6.45) is -0.139. The number of hydrogen-bond acceptors (Lipinski definition) is 3. The molecule has 0 unspecified atom stereocenters. The summed E-state index contributed by atoms with van der Waals surface area (Å²) in [5.74, 6) is -0.267. The molecule has 0 rings (SSSR count). The van der Waals surface area contributed by atoms with Gasteiger partial charge in [-0.15, -0.1) is 0 Å². The third kappa shape index (κ3) is 2.51. The number of hydrogen-bond donors (Lipinski definition) is 1. The molecule has 0 aliphatic rings. The van der Waals surface area contributed by atoms with Gasteiger partial charge in [0, 0.05) is 7.05 Å². The Hall–Kier alpha value is -1.08. The van der Waals surface area contributed by atoms with E-state index in [0.29, 0.717) is 0 Å². The molecule has 0 bridgehead atoms. The maximum atomic E-state index is 11.1. The summed E-state index contributed by atoms with van der Waals surface area (Å²) in [6, 6.07) is 1.77. The van der Waals surface area contributed by atoms with Crippen LogP contribution in [0.2, 0.25) is 0 Å². The predicted octanol–water partition coefficient (Wildman–Crippen LogP) is 0.129. The second-order valence-corrected chi connectivity index (χ2v) is 3.26. The molecule has 4 nitrogen and oxygen atoms in total. The van der Waals surface area contributed by atoms with Crippen LogP contribution >= 0.6 is 0 Å². The van der Waals surface area contributed by atoms with E-state index in [1.54, 1.807) is 27.0 Å². The molecular weight excluding hydrogens is 156 g/mol. The fourth-order valence-electron chi connectivity index (χ4n) is 0.630. The molecular formula is C8H14N2O2. The van der Waals surface area contributed by atoms with Gasteiger partial charge in [-0.25, -0.2) is 0 Å². The number of nitriles is 1. The van der Waals surface area contributed by atoms with Crippen LogP contribution in [0.1, 0.15) is 20.3 Å². The second kappa shape index (κ2) is 4.07. The maximum absolute atomic E-state index is 11.1. The zero-order valence-corrected chi connectivity index (χ0v) is 7.66. The highest BCUT2D eigenvalue weighted by atomic mass is 16.3. The normalized spacial score (nSPS) is 10.6. The van der Waals surface area contributed by atoms with Gasteiger partial charge in [-0.1, -0.05) is 0 Å². The highest BCUT2D eigenvalue weighted by molar-refractivity contribution is 5.78. The van der Waals surface area contributed by atoms with Crippen LogP contribution < -0.4 is 0 Å². The van der Waals surface area contributed by atoms with Gasteiger partial charge in [0.1, 0.15) is 6.42 Å². The highest BCUT2D eigenvalue weighted by Gasteiger charge is 2.26. The van der Waals surface area contributed by atoms with E-state index in [2.05, 4.69) is 0 Å². The molecule has 0 aromatic rings. The van der Waals surface area contributed by atoms with E-state index < -0.39 is 5.54 Å². The van der Waals surface area contributed by atoms with Gasteiger partial charge >= 0.3 is 0 Å². The molecule has 1 amide bonds. The summed E-state index contributed by atoms with van der Waals surface area (Å²) in [5, 5.41) is 17.2. The molecule has 0 spiro atoms. The first-order valence-corrected chi connectivity index (χ1v) is 3.70. The van der Waals surface area contributed by atoms with Gasteiger partial charge in [0.2, 0.25) is 5.91 Å². The largest absolute Gasteiger partial charge is 0.394 e. The SMILES string of the molecule is CN(C(=O)CC#N)C(C)(C)CO. The lowest BCUT2D eigenvalue weighted by atomic mass is 10.1. The van der Waals surface area contributed by atoms with Crippen LogP contribution in [-0.2, 0) is 4.79 Å². The molecule has 0 saturated heterocycles. The molecule has 0 atom stereocenters. The first kappa shape index (κ1) is 10.9. The molecule has 0 fully saturated rings. The van der Waals surface area contributed by atoms with E-state index >= 15 is 0 Å².